The molecule has 0 aromatic rings. The normalized spacial score (nSPS) is 20.0. The smallest absolute Gasteiger partial charge is 0.237 e. The van der Waals surface area contributed by atoms with Crippen LogP contribution in [0.25, 0.3) is 0 Å². The first-order chi connectivity index (χ1) is 6.80. The topological polar surface area (TPSA) is 57.7 Å². The summed E-state index contributed by atoms with van der Waals surface area (Å²) in [6.45, 7) is 5.69. The molecule has 1 fully saturated rings. The SMILES string of the molecule is CC(C)CN1CCN(S(C)(=O)=O)CC1=O. The lowest BCUT2D eigenvalue weighted by molar-refractivity contribution is -0.134. The molecule has 1 heterocycles. The third-order valence-corrected chi connectivity index (χ3v) is 3.59. The number of nitrogens with zero attached hydrogens (tertiary/aromatic N) is 2. The maximum atomic E-state index is 11.6. The van der Waals surface area contributed by atoms with Gasteiger partial charge >= 0.3 is 0 Å². The summed E-state index contributed by atoms with van der Waals surface area (Å²) in [6, 6.07) is 0. The summed E-state index contributed by atoms with van der Waals surface area (Å²) in [5.74, 6) is 0.319. The lowest BCUT2D eigenvalue weighted by Gasteiger charge is -2.33. The quantitative estimate of drug-likeness (QED) is 0.676. The van der Waals surface area contributed by atoms with Crippen LogP contribution in [-0.4, -0.2) is 56.0 Å². The van der Waals surface area contributed by atoms with Gasteiger partial charge in [-0.25, -0.2) is 8.42 Å². The molecule has 0 spiro atoms. The molecule has 1 amide bonds. The third kappa shape index (κ3) is 3.46. The zero-order valence-electron chi connectivity index (χ0n) is 9.43. The molecule has 1 rings (SSSR count). The molecule has 0 radical (unpaired) electrons. The van der Waals surface area contributed by atoms with Crippen molar-refractivity contribution in [1.82, 2.24) is 9.21 Å². The van der Waals surface area contributed by atoms with Gasteiger partial charge in [0.1, 0.15) is 0 Å². The zero-order valence-corrected chi connectivity index (χ0v) is 10.2. The summed E-state index contributed by atoms with van der Waals surface area (Å²) < 4.78 is 23.7. The largest absolute Gasteiger partial charge is 0.340 e. The van der Waals surface area contributed by atoms with E-state index in [1.807, 2.05) is 13.8 Å². The molecule has 1 aliphatic rings. The molecule has 0 N–H and O–H groups in total. The van der Waals surface area contributed by atoms with Crippen LogP contribution in [0.2, 0.25) is 0 Å². The van der Waals surface area contributed by atoms with E-state index < -0.39 is 10.0 Å². The predicted octanol–water partition coefficient (Wildman–Crippen LogP) is -0.254. The molecule has 0 atom stereocenters. The number of piperazine rings is 1. The lowest BCUT2D eigenvalue weighted by Crippen LogP contribution is -2.52. The minimum absolute atomic E-state index is 0.00838. The molecule has 0 aromatic heterocycles. The molecule has 5 nitrogen and oxygen atoms in total. The fraction of sp³-hybridized carbons (Fsp3) is 0.889. The second-order valence-corrected chi connectivity index (χ2v) is 6.31. The lowest BCUT2D eigenvalue weighted by atomic mass is 10.2. The van der Waals surface area contributed by atoms with Crippen molar-refractivity contribution in [2.24, 2.45) is 5.92 Å². The average Bonchev–Trinajstić information content (AvgIpc) is 2.05. The highest BCUT2D eigenvalue weighted by molar-refractivity contribution is 7.88. The average molecular weight is 234 g/mol. The number of carbonyl (C=O) groups is 1. The van der Waals surface area contributed by atoms with Gasteiger partial charge in [0.15, 0.2) is 0 Å². The summed E-state index contributed by atoms with van der Waals surface area (Å²) in [6.07, 6.45) is 1.14. The van der Waals surface area contributed by atoms with Crippen LogP contribution in [0, 0.1) is 5.92 Å². The van der Waals surface area contributed by atoms with Gasteiger partial charge in [-0.05, 0) is 5.92 Å². The van der Waals surface area contributed by atoms with Gasteiger partial charge in [-0.1, -0.05) is 13.8 Å². The highest BCUT2D eigenvalue weighted by Gasteiger charge is 2.28. The minimum atomic E-state index is -3.22. The number of hydrogen-bond acceptors (Lipinski definition) is 3. The Balaban J connectivity index is 2.60. The summed E-state index contributed by atoms with van der Waals surface area (Å²) in [5, 5.41) is 0. The van der Waals surface area contributed by atoms with Crippen LogP contribution in [0.1, 0.15) is 13.8 Å². The van der Waals surface area contributed by atoms with E-state index in [-0.39, 0.29) is 12.5 Å². The van der Waals surface area contributed by atoms with Gasteiger partial charge in [-0.15, -0.1) is 0 Å². The van der Waals surface area contributed by atoms with E-state index in [0.717, 1.165) is 6.26 Å². The van der Waals surface area contributed by atoms with Crippen molar-refractivity contribution >= 4 is 15.9 Å². The van der Waals surface area contributed by atoms with Gasteiger partial charge in [0.05, 0.1) is 12.8 Å². The van der Waals surface area contributed by atoms with Gasteiger partial charge in [-0.3, -0.25) is 4.79 Å². The van der Waals surface area contributed by atoms with E-state index in [4.69, 9.17) is 0 Å². The molecule has 6 heteroatoms. The predicted molar refractivity (Wildman–Crippen MR) is 57.8 cm³/mol. The Morgan fingerprint density at radius 3 is 2.33 bits per heavy atom. The van der Waals surface area contributed by atoms with E-state index in [0.29, 0.717) is 25.6 Å². The van der Waals surface area contributed by atoms with E-state index >= 15 is 0 Å². The van der Waals surface area contributed by atoms with Crippen molar-refractivity contribution in [1.29, 1.82) is 0 Å². The van der Waals surface area contributed by atoms with Gasteiger partial charge < -0.3 is 4.90 Å². The molecular weight excluding hydrogens is 216 g/mol. The molecule has 0 saturated carbocycles. The van der Waals surface area contributed by atoms with Crippen LogP contribution in [0.15, 0.2) is 0 Å². The van der Waals surface area contributed by atoms with Gasteiger partial charge in [0, 0.05) is 19.6 Å². The Morgan fingerprint density at radius 2 is 1.93 bits per heavy atom. The first-order valence-electron chi connectivity index (χ1n) is 5.03. The Bertz CT molecular complexity index is 337. The molecule has 15 heavy (non-hydrogen) atoms. The molecule has 1 saturated heterocycles. The Morgan fingerprint density at radius 1 is 1.33 bits per heavy atom. The Labute approximate surface area is 91.1 Å². The third-order valence-electron chi connectivity index (χ3n) is 2.34. The molecule has 0 unspecified atom stereocenters. The summed E-state index contributed by atoms with van der Waals surface area (Å²) in [5.41, 5.74) is 0. The summed E-state index contributed by atoms with van der Waals surface area (Å²) >= 11 is 0. The number of sulfonamides is 1. The van der Waals surface area contributed by atoms with Crippen molar-refractivity contribution < 1.29 is 13.2 Å². The maximum Gasteiger partial charge on any atom is 0.237 e. The molecule has 0 aromatic carbocycles. The van der Waals surface area contributed by atoms with Crippen molar-refractivity contribution in [3.8, 4) is 0 Å². The highest BCUT2D eigenvalue weighted by Crippen LogP contribution is 2.09. The van der Waals surface area contributed by atoms with E-state index in [9.17, 15) is 13.2 Å². The number of carbonyl (C=O) groups excluding carboxylic acids is 1. The van der Waals surface area contributed by atoms with Crippen LogP contribution < -0.4 is 0 Å². The number of hydrogen-bond donors (Lipinski definition) is 0. The Kier molecular flexibility index (Phi) is 3.72. The van der Waals surface area contributed by atoms with Crippen LogP contribution in [-0.2, 0) is 14.8 Å². The summed E-state index contributed by atoms with van der Waals surface area (Å²) in [7, 11) is -3.22. The second-order valence-electron chi connectivity index (χ2n) is 4.33. The molecule has 0 bridgehead atoms. The van der Waals surface area contributed by atoms with Crippen LogP contribution in [0.4, 0.5) is 0 Å². The first-order valence-corrected chi connectivity index (χ1v) is 6.88. The molecular formula is C9H18N2O3S. The molecule has 0 aliphatic carbocycles. The van der Waals surface area contributed by atoms with Crippen molar-refractivity contribution in [3.63, 3.8) is 0 Å². The zero-order chi connectivity index (χ0) is 11.6. The van der Waals surface area contributed by atoms with E-state index in [1.165, 1.54) is 4.31 Å². The monoisotopic (exact) mass is 234 g/mol. The number of rotatable bonds is 3. The van der Waals surface area contributed by atoms with Crippen molar-refractivity contribution in [2.75, 3.05) is 32.4 Å². The van der Waals surface area contributed by atoms with Crippen molar-refractivity contribution in [2.45, 2.75) is 13.8 Å². The van der Waals surface area contributed by atoms with Gasteiger partial charge in [0.25, 0.3) is 0 Å². The summed E-state index contributed by atoms with van der Waals surface area (Å²) in [4.78, 5) is 13.3. The van der Waals surface area contributed by atoms with Crippen LogP contribution in [0.5, 0.6) is 0 Å². The first kappa shape index (κ1) is 12.4. The van der Waals surface area contributed by atoms with Gasteiger partial charge in [-0.2, -0.15) is 4.31 Å². The maximum absolute atomic E-state index is 11.6. The standard InChI is InChI=1S/C9H18N2O3S/c1-8(2)6-10-4-5-11(7-9(10)12)15(3,13)14/h8H,4-7H2,1-3H3. The fourth-order valence-corrected chi connectivity index (χ4v) is 2.36. The fourth-order valence-electron chi connectivity index (χ4n) is 1.60. The van der Waals surface area contributed by atoms with Gasteiger partial charge in [0.2, 0.25) is 15.9 Å². The highest BCUT2D eigenvalue weighted by atomic mass is 32.2. The second kappa shape index (κ2) is 4.49. The molecule has 1 aliphatic heterocycles. The van der Waals surface area contributed by atoms with Crippen molar-refractivity contribution in [3.05, 3.63) is 0 Å². The van der Waals surface area contributed by atoms with Crippen LogP contribution >= 0.6 is 0 Å². The van der Waals surface area contributed by atoms with E-state index in [1.54, 1.807) is 4.90 Å². The van der Waals surface area contributed by atoms with Crippen LogP contribution in [0.3, 0.4) is 0 Å². The minimum Gasteiger partial charge on any atom is -0.340 e. The number of amides is 1. The Hall–Kier alpha value is -0.620. The molecule has 88 valence electrons. The van der Waals surface area contributed by atoms with E-state index in [2.05, 4.69) is 0 Å².